The Hall–Kier alpha value is -3.35. The second-order valence-corrected chi connectivity index (χ2v) is 6.59. The van der Waals surface area contributed by atoms with Crippen LogP contribution in [0.3, 0.4) is 0 Å². The number of benzene rings is 2. The van der Waals surface area contributed by atoms with Gasteiger partial charge in [-0.2, -0.15) is 0 Å². The van der Waals surface area contributed by atoms with Crippen molar-refractivity contribution < 1.29 is 28.6 Å². The molecular formula is C23H26FNO5. The van der Waals surface area contributed by atoms with Crippen LogP contribution in [0, 0.1) is 5.82 Å². The first-order valence-corrected chi connectivity index (χ1v) is 9.67. The topological polar surface area (TPSA) is 76.1 Å². The molecular weight excluding hydrogens is 389 g/mol. The Morgan fingerprint density at radius 3 is 2.30 bits per heavy atom. The molecule has 1 amide bonds. The number of carbonyl (C=O) groups is 2. The quantitative estimate of drug-likeness (QED) is 0.590. The summed E-state index contributed by atoms with van der Waals surface area (Å²) >= 11 is 0. The standard InChI is InChI=1S/C23H26FNO5/c1-4-25(5-2)22(26)10-16(3)18-11-19(13-20(12-18)30-15-23(27)28)29-14-17-8-6-7-9-21(17)24/h6-13H,4-5,14-15H2,1-3H3,(H,27,28)/b16-10+. The zero-order valence-corrected chi connectivity index (χ0v) is 17.4. The monoisotopic (exact) mass is 415 g/mol. The molecule has 0 aliphatic heterocycles. The van der Waals surface area contributed by atoms with Crippen LogP contribution in [0.1, 0.15) is 31.9 Å². The summed E-state index contributed by atoms with van der Waals surface area (Å²) < 4.78 is 24.9. The van der Waals surface area contributed by atoms with Gasteiger partial charge in [0.05, 0.1) is 0 Å². The fourth-order valence-corrected chi connectivity index (χ4v) is 2.78. The zero-order valence-electron chi connectivity index (χ0n) is 17.4. The predicted octanol–water partition coefficient (Wildman–Crippen LogP) is 4.14. The summed E-state index contributed by atoms with van der Waals surface area (Å²) in [7, 11) is 0. The van der Waals surface area contributed by atoms with E-state index in [2.05, 4.69) is 0 Å². The zero-order chi connectivity index (χ0) is 22.1. The largest absolute Gasteiger partial charge is 0.489 e. The van der Waals surface area contributed by atoms with Crippen molar-refractivity contribution in [2.24, 2.45) is 0 Å². The van der Waals surface area contributed by atoms with Crippen molar-refractivity contribution in [3.05, 3.63) is 65.5 Å². The minimum Gasteiger partial charge on any atom is -0.489 e. The summed E-state index contributed by atoms with van der Waals surface area (Å²) in [5.41, 5.74) is 1.70. The Labute approximate surface area is 175 Å². The molecule has 7 heteroatoms. The number of hydrogen-bond acceptors (Lipinski definition) is 4. The van der Waals surface area contributed by atoms with Gasteiger partial charge in [-0.3, -0.25) is 4.79 Å². The summed E-state index contributed by atoms with van der Waals surface area (Å²) in [6.07, 6.45) is 1.52. The highest BCUT2D eigenvalue weighted by Gasteiger charge is 2.11. The van der Waals surface area contributed by atoms with Crippen molar-refractivity contribution in [1.82, 2.24) is 4.90 Å². The molecule has 0 fully saturated rings. The van der Waals surface area contributed by atoms with Gasteiger partial charge in [-0.1, -0.05) is 18.2 Å². The molecule has 0 aliphatic carbocycles. The third kappa shape index (κ3) is 6.62. The summed E-state index contributed by atoms with van der Waals surface area (Å²) in [5, 5.41) is 8.88. The van der Waals surface area contributed by atoms with Crippen LogP contribution in [0.5, 0.6) is 11.5 Å². The summed E-state index contributed by atoms with van der Waals surface area (Å²) in [6, 6.07) is 11.2. The highest BCUT2D eigenvalue weighted by Crippen LogP contribution is 2.28. The molecule has 0 saturated heterocycles. The summed E-state index contributed by atoms with van der Waals surface area (Å²) in [5.74, 6) is -0.959. The van der Waals surface area contributed by atoms with Crippen molar-refractivity contribution in [3.8, 4) is 11.5 Å². The van der Waals surface area contributed by atoms with E-state index >= 15 is 0 Å². The summed E-state index contributed by atoms with van der Waals surface area (Å²) in [4.78, 5) is 24.9. The van der Waals surface area contributed by atoms with Crippen LogP contribution in [0.25, 0.3) is 5.57 Å². The number of ether oxygens (including phenoxy) is 2. The van der Waals surface area contributed by atoms with Gasteiger partial charge in [0.2, 0.25) is 5.91 Å². The first-order chi connectivity index (χ1) is 14.3. The van der Waals surface area contributed by atoms with Gasteiger partial charge in [0.1, 0.15) is 23.9 Å². The van der Waals surface area contributed by atoms with Gasteiger partial charge >= 0.3 is 5.97 Å². The number of nitrogens with zero attached hydrogens (tertiary/aromatic N) is 1. The molecule has 2 aromatic rings. The van der Waals surface area contributed by atoms with E-state index in [1.165, 1.54) is 18.2 Å². The van der Waals surface area contributed by atoms with Crippen molar-refractivity contribution >= 4 is 17.4 Å². The van der Waals surface area contributed by atoms with Gasteiger partial charge in [0.25, 0.3) is 0 Å². The normalized spacial score (nSPS) is 11.1. The third-order valence-electron chi connectivity index (χ3n) is 4.46. The molecule has 1 N–H and O–H groups in total. The first-order valence-electron chi connectivity index (χ1n) is 9.67. The number of rotatable bonds is 10. The molecule has 0 spiro atoms. The molecule has 0 aromatic heterocycles. The van der Waals surface area contributed by atoms with E-state index in [0.29, 0.717) is 35.5 Å². The van der Waals surface area contributed by atoms with Gasteiger partial charge < -0.3 is 19.5 Å². The van der Waals surface area contributed by atoms with Crippen molar-refractivity contribution in [2.75, 3.05) is 19.7 Å². The Bertz CT molecular complexity index is 922. The highest BCUT2D eigenvalue weighted by molar-refractivity contribution is 5.95. The van der Waals surface area contributed by atoms with E-state index in [1.54, 1.807) is 42.2 Å². The van der Waals surface area contributed by atoms with Crippen LogP contribution in [-0.2, 0) is 16.2 Å². The van der Waals surface area contributed by atoms with Crippen LogP contribution in [-0.4, -0.2) is 41.6 Å². The molecule has 0 unspecified atom stereocenters. The number of halogens is 1. The number of aliphatic carboxylic acids is 1. The maximum Gasteiger partial charge on any atom is 0.341 e. The maximum absolute atomic E-state index is 13.9. The van der Waals surface area contributed by atoms with Crippen LogP contribution >= 0.6 is 0 Å². The number of allylic oxidation sites excluding steroid dienone is 1. The number of carbonyl (C=O) groups excluding carboxylic acids is 1. The van der Waals surface area contributed by atoms with Crippen molar-refractivity contribution in [1.29, 1.82) is 0 Å². The number of carboxylic acids is 1. The van der Waals surface area contributed by atoms with Crippen LogP contribution in [0.2, 0.25) is 0 Å². The van der Waals surface area contributed by atoms with E-state index in [9.17, 15) is 14.0 Å². The van der Waals surface area contributed by atoms with Crippen LogP contribution in [0.4, 0.5) is 4.39 Å². The average Bonchev–Trinajstić information content (AvgIpc) is 2.72. The SMILES string of the molecule is CCN(CC)C(=O)/C=C(\C)c1cc(OCC(=O)O)cc(OCc2ccccc2F)c1. The smallest absolute Gasteiger partial charge is 0.341 e. The van der Waals surface area contributed by atoms with Gasteiger partial charge in [-0.25, -0.2) is 9.18 Å². The Morgan fingerprint density at radius 1 is 1.07 bits per heavy atom. The van der Waals surface area contributed by atoms with Gasteiger partial charge in [0, 0.05) is 30.8 Å². The predicted molar refractivity (Wildman–Crippen MR) is 112 cm³/mol. The lowest BCUT2D eigenvalue weighted by atomic mass is 10.1. The number of hydrogen-bond donors (Lipinski definition) is 1. The lowest BCUT2D eigenvalue weighted by Gasteiger charge is -2.17. The molecule has 2 aromatic carbocycles. The van der Waals surface area contributed by atoms with E-state index < -0.39 is 12.6 Å². The molecule has 6 nitrogen and oxygen atoms in total. The number of amides is 1. The number of carboxylic acid groups (broad SMARTS) is 1. The molecule has 0 saturated carbocycles. The minimum absolute atomic E-state index is 0.00433. The molecule has 0 bridgehead atoms. The fraction of sp³-hybridized carbons (Fsp3) is 0.304. The van der Waals surface area contributed by atoms with E-state index in [1.807, 2.05) is 13.8 Å². The lowest BCUT2D eigenvalue weighted by Crippen LogP contribution is -2.28. The molecule has 0 aliphatic rings. The van der Waals surface area contributed by atoms with Crippen LogP contribution in [0.15, 0.2) is 48.5 Å². The third-order valence-corrected chi connectivity index (χ3v) is 4.46. The molecule has 0 atom stereocenters. The van der Waals surface area contributed by atoms with Gasteiger partial charge in [-0.15, -0.1) is 0 Å². The molecule has 160 valence electrons. The van der Waals surface area contributed by atoms with Crippen molar-refractivity contribution in [3.63, 3.8) is 0 Å². The Morgan fingerprint density at radius 2 is 1.70 bits per heavy atom. The second kappa shape index (κ2) is 11.0. The second-order valence-electron chi connectivity index (χ2n) is 6.59. The molecule has 0 radical (unpaired) electrons. The molecule has 30 heavy (non-hydrogen) atoms. The summed E-state index contributed by atoms with van der Waals surface area (Å²) in [6.45, 7) is 6.25. The first kappa shape index (κ1) is 22.9. The fourth-order valence-electron chi connectivity index (χ4n) is 2.78. The van der Waals surface area contributed by atoms with Gasteiger partial charge in [0.15, 0.2) is 6.61 Å². The van der Waals surface area contributed by atoms with E-state index in [0.717, 1.165) is 0 Å². The molecule has 0 heterocycles. The average molecular weight is 415 g/mol. The van der Waals surface area contributed by atoms with Crippen molar-refractivity contribution in [2.45, 2.75) is 27.4 Å². The number of likely N-dealkylation sites (N-methyl/N-ethyl adjacent to an activating group) is 1. The highest BCUT2D eigenvalue weighted by atomic mass is 19.1. The van der Waals surface area contributed by atoms with E-state index in [-0.39, 0.29) is 24.1 Å². The minimum atomic E-state index is -1.11. The van der Waals surface area contributed by atoms with Crippen LogP contribution < -0.4 is 9.47 Å². The maximum atomic E-state index is 13.9. The molecule has 2 rings (SSSR count). The van der Waals surface area contributed by atoms with Gasteiger partial charge in [-0.05, 0) is 50.1 Å². The van der Waals surface area contributed by atoms with E-state index in [4.69, 9.17) is 14.6 Å². The Balaban J connectivity index is 2.30. The lowest BCUT2D eigenvalue weighted by molar-refractivity contribution is -0.139. The Kier molecular flexibility index (Phi) is 8.41.